The lowest BCUT2D eigenvalue weighted by molar-refractivity contribution is -0.148. The standard InChI is InChI=1S/C15H18N2O3/c1-2-20-15(19)11-14(18)17(10-6-9-16)12-13-7-4-3-5-8-13/h3-5,7-8H,2,6,10-12H2,1H3. The first-order chi connectivity index (χ1) is 9.67. The first-order valence-electron chi connectivity index (χ1n) is 6.51. The lowest BCUT2D eigenvalue weighted by atomic mass is 10.2. The molecule has 0 heterocycles. The Labute approximate surface area is 118 Å². The van der Waals surface area contributed by atoms with Crippen molar-refractivity contribution < 1.29 is 14.3 Å². The fourth-order valence-electron chi connectivity index (χ4n) is 1.73. The lowest BCUT2D eigenvalue weighted by Gasteiger charge is -2.21. The van der Waals surface area contributed by atoms with Gasteiger partial charge in [0.05, 0.1) is 19.1 Å². The van der Waals surface area contributed by atoms with Crippen molar-refractivity contribution in [2.24, 2.45) is 0 Å². The van der Waals surface area contributed by atoms with Gasteiger partial charge in [0.1, 0.15) is 6.42 Å². The highest BCUT2D eigenvalue weighted by Gasteiger charge is 2.18. The number of ether oxygens (including phenoxy) is 1. The molecule has 0 aliphatic carbocycles. The van der Waals surface area contributed by atoms with Crippen molar-refractivity contribution in [3.63, 3.8) is 0 Å². The summed E-state index contributed by atoms with van der Waals surface area (Å²) in [4.78, 5) is 24.9. The Balaban J connectivity index is 2.66. The average molecular weight is 274 g/mol. The first kappa shape index (κ1) is 15.7. The van der Waals surface area contributed by atoms with Gasteiger partial charge >= 0.3 is 5.97 Å². The number of carbonyl (C=O) groups is 2. The van der Waals surface area contributed by atoms with E-state index in [0.717, 1.165) is 5.56 Å². The quantitative estimate of drug-likeness (QED) is 0.562. The van der Waals surface area contributed by atoms with Crippen LogP contribution >= 0.6 is 0 Å². The third kappa shape index (κ3) is 5.53. The Morgan fingerprint density at radius 1 is 1.30 bits per heavy atom. The van der Waals surface area contributed by atoms with Crippen LogP contribution in [0.3, 0.4) is 0 Å². The van der Waals surface area contributed by atoms with Gasteiger partial charge in [-0.25, -0.2) is 0 Å². The second-order valence-electron chi connectivity index (χ2n) is 4.19. The number of esters is 1. The van der Waals surface area contributed by atoms with Gasteiger partial charge in [0.25, 0.3) is 0 Å². The lowest BCUT2D eigenvalue weighted by Crippen LogP contribution is -2.33. The number of benzene rings is 1. The van der Waals surface area contributed by atoms with E-state index < -0.39 is 5.97 Å². The molecule has 0 aliphatic rings. The predicted octanol–water partition coefficient (Wildman–Crippen LogP) is 1.88. The van der Waals surface area contributed by atoms with Crippen LogP contribution in [0, 0.1) is 11.3 Å². The van der Waals surface area contributed by atoms with Gasteiger partial charge in [-0.2, -0.15) is 5.26 Å². The van der Waals surface area contributed by atoms with E-state index in [2.05, 4.69) is 0 Å². The van der Waals surface area contributed by atoms with Crippen molar-refractivity contribution in [3.05, 3.63) is 35.9 Å². The molecule has 5 nitrogen and oxygen atoms in total. The van der Waals surface area contributed by atoms with Crippen LogP contribution in [0.1, 0.15) is 25.3 Å². The zero-order valence-electron chi connectivity index (χ0n) is 11.5. The Hall–Kier alpha value is -2.35. The zero-order valence-corrected chi connectivity index (χ0v) is 11.5. The number of carbonyl (C=O) groups excluding carboxylic acids is 2. The van der Waals surface area contributed by atoms with E-state index in [4.69, 9.17) is 10.00 Å². The molecule has 0 aliphatic heterocycles. The highest BCUT2D eigenvalue weighted by Crippen LogP contribution is 2.07. The van der Waals surface area contributed by atoms with Crippen molar-refractivity contribution in [2.45, 2.75) is 26.3 Å². The molecule has 20 heavy (non-hydrogen) atoms. The molecule has 5 heteroatoms. The summed E-state index contributed by atoms with van der Waals surface area (Å²) in [6.45, 7) is 2.65. The van der Waals surface area contributed by atoms with Gasteiger partial charge in [-0.15, -0.1) is 0 Å². The van der Waals surface area contributed by atoms with Gasteiger partial charge < -0.3 is 9.64 Å². The summed E-state index contributed by atoms with van der Waals surface area (Å²) in [7, 11) is 0. The summed E-state index contributed by atoms with van der Waals surface area (Å²) in [6, 6.07) is 11.5. The van der Waals surface area contributed by atoms with E-state index >= 15 is 0 Å². The summed E-state index contributed by atoms with van der Waals surface area (Å²) in [5.74, 6) is -0.852. The van der Waals surface area contributed by atoms with Crippen LogP contribution in [0.2, 0.25) is 0 Å². The third-order valence-corrected chi connectivity index (χ3v) is 2.66. The molecule has 0 unspecified atom stereocenters. The van der Waals surface area contributed by atoms with Crippen molar-refractivity contribution >= 4 is 11.9 Å². The Bertz CT molecular complexity index is 480. The zero-order chi connectivity index (χ0) is 14.8. The van der Waals surface area contributed by atoms with Crippen LogP contribution in [0.4, 0.5) is 0 Å². The minimum Gasteiger partial charge on any atom is -0.466 e. The Kier molecular flexibility index (Phi) is 6.83. The SMILES string of the molecule is CCOC(=O)CC(=O)N(CCC#N)Cc1ccccc1. The number of hydrogen-bond acceptors (Lipinski definition) is 4. The van der Waals surface area contributed by atoms with Gasteiger partial charge in [0.2, 0.25) is 5.91 Å². The molecular formula is C15H18N2O3. The molecule has 0 aromatic heterocycles. The van der Waals surface area contributed by atoms with Crippen LogP contribution < -0.4 is 0 Å². The third-order valence-electron chi connectivity index (χ3n) is 2.66. The number of amides is 1. The number of hydrogen-bond donors (Lipinski definition) is 0. The Morgan fingerprint density at radius 3 is 2.60 bits per heavy atom. The van der Waals surface area contributed by atoms with E-state index in [1.165, 1.54) is 4.90 Å². The second kappa shape index (κ2) is 8.70. The van der Waals surface area contributed by atoms with Crippen LogP contribution in [-0.4, -0.2) is 29.9 Å². The van der Waals surface area contributed by atoms with Crippen LogP contribution in [0.25, 0.3) is 0 Å². The monoisotopic (exact) mass is 274 g/mol. The van der Waals surface area contributed by atoms with Crippen LogP contribution in [0.15, 0.2) is 30.3 Å². The molecule has 0 radical (unpaired) electrons. The molecule has 1 aromatic rings. The highest BCUT2D eigenvalue weighted by atomic mass is 16.5. The fourth-order valence-corrected chi connectivity index (χ4v) is 1.73. The molecule has 0 saturated carbocycles. The molecule has 0 spiro atoms. The summed E-state index contributed by atoms with van der Waals surface area (Å²) < 4.78 is 4.77. The van der Waals surface area contributed by atoms with Gasteiger partial charge in [0.15, 0.2) is 0 Å². The Morgan fingerprint density at radius 2 is 2.00 bits per heavy atom. The van der Waals surface area contributed by atoms with Crippen LogP contribution in [-0.2, 0) is 20.9 Å². The molecule has 0 N–H and O–H groups in total. The smallest absolute Gasteiger partial charge is 0.315 e. The minimum atomic E-state index is -0.535. The van der Waals surface area contributed by atoms with Crippen molar-refractivity contribution in [1.82, 2.24) is 4.90 Å². The number of nitrogens with zero attached hydrogens (tertiary/aromatic N) is 2. The maximum absolute atomic E-state index is 12.1. The average Bonchev–Trinajstić information content (AvgIpc) is 2.44. The summed E-state index contributed by atoms with van der Waals surface area (Å²) in [5.41, 5.74) is 0.961. The van der Waals surface area contributed by atoms with Crippen molar-refractivity contribution in [1.29, 1.82) is 5.26 Å². The molecule has 0 bridgehead atoms. The van der Waals surface area contributed by atoms with Crippen molar-refractivity contribution in [2.75, 3.05) is 13.2 Å². The van der Waals surface area contributed by atoms with Gasteiger partial charge in [-0.05, 0) is 12.5 Å². The molecule has 0 atom stereocenters. The molecule has 0 fully saturated rings. The highest BCUT2D eigenvalue weighted by molar-refractivity contribution is 5.94. The predicted molar refractivity (Wildman–Crippen MR) is 73.3 cm³/mol. The molecule has 1 amide bonds. The van der Waals surface area contributed by atoms with Crippen LogP contribution in [0.5, 0.6) is 0 Å². The van der Waals surface area contributed by atoms with Gasteiger partial charge in [-0.3, -0.25) is 9.59 Å². The maximum Gasteiger partial charge on any atom is 0.315 e. The first-order valence-corrected chi connectivity index (χ1v) is 6.51. The molecular weight excluding hydrogens is 256 g/mol. The minimum absolute atomic E-state index is 0.237. The van der Waals surface area contributed by atoms with E-state index in [0.29, 0.717) is 13.1 Å². The van der Waals surface area contributed by atoms with E-state index in [1.54, 1.807) is 6.92 Å². The second-order valence-corrected chi connectivity index (χ2v) is 4.19. The molecule has 0 saturated heterocycles. The van der Waals surface area contributed by atoms with Gasteiger partial charge in [0, 0.05) is 13.1 Å². The summed E-state index contributed by atoms with van der Waals surface area (Å²) >= 11 is 0. The fraction of sp³-hybridized carbons (Fsp3) is 0.400. The molecule has 106 valence electrons. The van der Waals surface area contributed by atoms with E-state index in [1.807, 2.05) is 36.4 Å². The molecule has 1 aromatic carbocycles. The topological polar surface area (TPSA) is 70.4 Å². The number of nitriles is 1. The summed E-state index contributed by atoms with van der Waals surface area (Å²) in [5, 5.41) is 8.65. The normalized spacial score (nSPS) is 9.60. The van der Waals surface area contributed by atoms with Gasteiger partial charge in [-0.1, -0.05) is 30.3 Å². The van der Waals surface area contributed by atoms with E-state index in [9.17, 15) is 9.59 Å². The van der Waals surface area contributed by atoms with E-state index in [-0.39, 0.29) is 25.4 Å². The summed E-state index contributed by atoms with van der Waals surface area (Å²) in [6.07, 6.45) is -0.0481. The number of rotatable bonds is 7. The largest absolute Gasteiger partial charge is 0.466 e. The molecule has 1 rings (SSSR count). The maximum atomic E-state index is 12.1. The van der Waals surface area contributed by atoms with Crippen molar-refractivity contribution in [3.8, 4) is 6.07 Å².